The highest BCUT2D eigenvalue weighted by Crippen LogP contribution is 2.18. The van der Waals surface area contributed by atoms with Gasteiger partial charge >= 0.3 is 12.0 Å². The number of nitrogens with one attached hydrogen (secondary N) is 2. The molecule has 0 spiro atoms. The third kappa shape index (κ3) is 4.29. The molecule has 2 aromatic rings. The maximum atomic E-state index is 12.1. The minimum Gasteiger partial charge on any atom is -0.465 e. The second-order valence-electron chi connectivity index (χ2n) is 5.12. The highest BCUT2D eigenvalue weighted by atomic mass is 16.5. The minimum absolute atomic E-state index is 0.165. The first kappa shape index (κ1) is 16.5. The van der Waals surface area contributed by atoms with Gasteiger partial charge < -0.3 is 15.4 Å². The zero-order valence-electron chi connectivity index (χ0n) is 13.3. The lowest BCUT2D eigenvalue weighted by atomic mass is 10.1. The van der Waals surface area contributed by atoms with Gasteiger partial charge in [-0.05, 0) is 49.2 Å². The number of methoxy groups -OCH3 is 1. The van der Waals surface area contributed by atoms with Gasteiger partial charge in [0, 0.05) is 18.1 Å². The van der Waals surface area contributed by atoms with E-state index in [0.29, 0.717) is 11.3 Å². The maximum Gasteiger partial charge on any atom is 0.337 e. The van der Waals surface area contributed by atoms with E-state index >= 15 is 0 Å². The molecule has 1 aromatic carbocycles. The fraction of sp³-hybridized carbons (Fsp3) is 0.235. The Morgan fingerprint density at radius 2 is 1.87 bits per heavy atom. The van der Waals surface area contributed by atoms with Crippen LogP contribution in [0.15, 0.2) is 42.7 Å². The van der Waals surface area contributed by atoms with Gasteiger partial charge in [0.05, 0.1) is 18.7 Å². The largest absolute Gasteiger partial charge is 0.465 e. The first-order valence-electron chi connectivity index (χ1n) is 7.17. The summed E-state index contributed by atoms with van der Waals surface area (Å²) in [6, 6.07) is 8.18. The number of anilines is 1. The highest BCUT2D eigenvalue weighted by molar-refractivity contribution is 5.94. The molecule has 1 aromatic heterocycles. The Morgan fingerprint density at radius 1 is 1.17 bits per heavy atom. The molecule has 1 atom stereocenters. The molecule has 120 valence electrons. The van der Waals surface area contributed by atoms with Crippen LogP contribution in [0, 0.1) is 6.92 Å². The van der Waals surface area contributed by atoms with Crippen LogP contribution in [-0.2, 0) is 4.74 Å². The van der Waals surface area contributed by atoms with Gasteiger partial charge in [0.2, 0.25) is 0 Å². The second-order valence-corrected chi connectivity index (χ2v) is 5.12. The van der Waals surface area contributed by atoms with E-state index in [2.05, 4.69) is 20.4 Å². The van der Waals surface area contributed by atoms with Crippen molar-refractivity contribution >= 4 is 17.7 Å². The van der Waals surface area contributed by atoms with Crippen LogP contribution in [0.1, 0.15) is 34.5 Å². The first-order valence-corrected chi connectivity index (χ1v) is 7.17. The average Bonchev–Trinajstić information content (AvgIpc) is 2.56. The zero-order chi connectivity index (χ0) is 16.8. The third-order valence-electron chi connectivity index (χ3n) is 3.46. The van der Waals surface area contributed by atoms with Crippen molar-refractivity contribution in [2.45, 2.75) is 19.9 Å². The lowest BCUT2D eigenvalue weighted by Crippen LogP contribution is -2.31. The number of hydrogen-bond acceptors (Lipinski definition) is 4. The van der Waals surface area contributed by atoms with Gasteiger partial charge in [-0.2, -0.15) is 0 Å². The fourth-order valence-corrected chi connectivity index (χ4v) is 2.09. The van der Waals surface area contributed by atoms with Crippen LogP contribution < -0.4 is 10.6 Å². The molecule has 0 aliphatic carbocycles. The predicted molar refractivity (Wildman–Crippen MR) is 87.3 cm³/mol. The summed E-state index contributed by atoms with van der Waals surface area (Å²) < 4.78 is 4.69. The summed E-state index contributed by atoms with van der Waals surface area (Å²) in [7, 11) is 1.32. The van der Waals surface area contributed by atoms with Crippen molar-refractivity contribution in [3.8, 4) is 0 Å². The molecular weight excluding hydrogens is 294 g/mol. The van der Waals surface area contributed by atoms with E-state index in [4.69, 9.17) is 0 Å². The number of pyridine rings is 1. The number of aromatic nitrogens is 1. The lowest BCUT2D eigenvalue weighted by molar-refractivity contribution is 0.0600. The van der Waals surface area contributed by atoms with Crippen LogP contribution in [0.4, 0.5) is 10.5 Å². The lowest BCUT2D eigenvalue weighted by Gasteiger charge is -2.16. The van der Waals surface area contributed by atoms with Crippen LogP contribution in [0.3, 0.4) is 0 Å². The number of ether oxygens (including phenoxy) is 1. The van der Waals surface area contributed by atoms with Crippen LogP contribution in [-0.4, -0.2) is 24.1 Å². The second kappa shape index (κ2) is 7.40. The van der Waals surface area contributed by atoms with Crippen molar-refractivity contribution < 1.29 is 14.3 Å². The molecule has 2 rings (SSSR count). The van der Waals surface area contributed by atoms with Crippen LogP contribution in [0.25, 0.3) is 0 Å². The van der Waals surface area contributed by atoms with Gasteiger partial charge in [-0.15, -0.1) is 0 Å². The first-order chi connectivity index (χ1) is 11.0. The number of urea groups is 1. The number of hydrogen-bond donors (Lipinski definition) is 2. The van der Waals surface area contributed by atoms with E-state index in [1.807, 2.05) is 26.0 Å². The van der Waals surface area contributed by atoms with Crippen molar-refractivity contribution in [3.05, 3.63) is 59.4 Å². The van der Waals surface area contributed by atoms with E-state index in [1.165, 1.54) is 7.11 Å². The Hall–Kier alpha value is -2.89. The van der Waals surface area contributed by atoms with Gasteiger partial charge in [-0.1, -0.05) is 6.07 Å². The molecule has 1 unspecified atom stereocenters. The number of amides is 2. The van der Waals surface area contributed by atoms with Crippen molar-refractivity contribution in [1.82, 2.24) is 10.3 Å². The monoisotopic (exact) mass is 313 g/mol. The molecule has 0 aliphatic heterocycles. The van der Waals surface area contributed by atoms with E-state index < -0.39 is 5.97 Å². The molecule has 23 heavy (non-hydrogen) atoms. The molecule has 2 N–H and O–H groups in total. The predicted octanol–water partition coefficient (Wildman–Crippen LogP) is 3.06. The molecule has 6 nitrogen and oxygen atoms in total. The van der Waals surface area contributed by atoms with Crippen molar-refractivity contribution in [2.75, 3.05) is 12.4 Å². The Labute approximate surface area is 134 Å². The topological polar surface area (TPSA) is 80.3 Å². The summed E-state index contributed by atoms with van der Waals surface area (Å²) in [5, 5.41) is 5.60. The number of nitrogens with zero attached hydrogens (tertiary/aromatic N) is 1. The zero-order valence-corrected chi connectivity index (χ0v) is 13.3. The van der Waals surface area contributed by atoms with Gasteiger partial charge in [0.15, 0.2) is 0 Å². The summed E-state index contributed by atoms with van der Waals surface area (Å²) in [6.07, 6.45) is 3.35. The fourth-order valence-electron chi connectivity index (χ4n) is 2.09. The molecule has 0 radical (unpaired) electrons. The van der Waals surface area contributed by atoms with Gasteiger partial charge in [-0.25, -0.2) is 9.59 Å². The van der Waals surface area contributed by atoms with Gasteiger partial charge in [0.25, 0.3) is 0 Å². The Balaban J connectivity index is 2.06. The summed E-state index contributed by atoms with van der Waals surface area (Å²) in [6.45, 7) is 3.73. The Bertz CT molecular complexity index is 701. The van der Waals surface area contributed by atoms with E-state index in [-0.39, 0.29) is 12.1 Å². The van der Waals surface area contributed by atoms with Crippen molar-refractivity contribution in [2.24, 2.45) is 0 Å². The molecule has 0 bridgehead atoms. The highest BCUT2D eigenvalue weighted by Gasteiger charge is 2.12. The number of benzene rings is 1. The Kier molecular flexibility index (Phi) is 5.30. The molecule has 0 saturated carbocycles. The standard InChI is InChI=1S/C17H19N3O3/c1-11-4-5-14(16(21)23-3)10-15(11)20-17(22)19-12(2)13-6-8-18-9-7-13/h4-10,12H,1-3H3,(H2,19,20,22). The smallest absolute Gasteiger partial charge is 0.337 e. The SMILES string of the molecule is COC(=O)c1ccc(C)c(NC(=O)NC(C)c2ccncc2)c1. The number of aryl methyl sites for hydroxylation is 1. The molecule has 6 heteroatoms. The number of carbonyl (C=O) groups excluding carboxylic acids is 2. The van der Waals surface area contributed by atoms with Crippen molar-refractivity contribution in [1.29, 1.82) is 0 Å². The maximum absolute atomic E-state index is 12.1. The molecular formula is C17H19N3O3. The number of esters is 1. The van der Waals surface area contributed by atoms with E-state index in [0.717, 1.165) is 11.1 Å². The quantitative estimate of drug-likeness (QED) is 0.850. The molecule has 0 saturated heterocycles. The summed E-state index contributed by atoms with van der Waals surface area (Å²) >= 11 is 0. The van der Waals surface area contributed by atoms with Crippen LogP contribution in [0.2, 0.25) is 0 Å². The van der Waals surface area contributed by atoms with Gasteiger partial charge in [-0.3, -0.25) is 4.98 Å². The minimum atomic E-state index is -0.446. The Morgan fingerprint density at radius 3 is 2.52 bits per heavy atom. The van der Waals surface area contributed by atoms with E-state index in [1.54, 1.807) is 30.6 Å². The van der Waals surface area contributed by atoms with E-state index in [9.17, 15) is 9.59 Å². The molecule has 0 aliphatic rings. The van der Waals surface area contributed by atoms with Crippen LogP contribution >= 0.6 is 0 Å². The molecule has 1 heterocycles. The summed E-state index contributed by atoms with van der Waals surface area (Å²) in [4.78, 5) is 27.7. The van der Waals surface area contributed by atoms with Crippen LogP contribution in [0.5, 0.6) is 0 Å². The normalized spacial score (nSPS) is 11.4. The summed E-state index contributed by atoms with van der Waals surface area (Å²) in [5.74, 6) is -0.446. The number of rotatable bonds is 4. The number of carbonyl (C=O) groups is 2. The molecule has 0 fully saturated rings. The summed E-state index contributed by atoms with van der Waals surface area (Å²) in [5.41, 5.74) is 2.75. The average molecular weight is 313 g/mol. The molecule has 2 amide bonds. The third-order valence-corrected chi connectivity index (χ3v) is 3.46. The van der Waals surface area contributed by atoms with Crippen molar-refractivity contribution in [3.63, 3.8) is 0 Å². The van der Waals surface area contributed by atoms with Gasteiger partial charge in [0.1, 0.15) is 0 Å².